The summed E-state index contributed by atoms with van der Waals surface area (Å²) in [7, 11) is 0. The zero-order chi connectivity index (χ0) is 20.1. The van der Waals surface area contributed by atoms with Gasteiger partial charge in [-0.15, -0.1) is 0 Å². The van der Waals surface area contributed by atoms with Crippen molar-refractivity contribution in [3.05, 3.63) is 29.3 Å². The molecule has 1 aliphatic heterocycles. The number of quaternary nitrogens is 1. The molecule has 1 amide bonds. The van der Waals surface area contributed by atoms with Crippen LogP contribution in [0.2, 0.25) is 0 Å². The van der Waals surface area contributed by atoms with E-state index in [0.29, 0.717) is 18.5 Å². The van der Waals surface area contributed by atoms with Crippen LogP contribution in [-0.2, 0) is 4.79 Å². The number of benzene rings is 1. The summed E-state index contributed by atoms with van der Waals surface area (Å²) in [5.74, 6) is 0.796. The largest absolute Gasteiger partial charge is 0.360 e. The van der Waals surface area contributed by atoms with Crippen molar-refractivity contribution in [3.8, 4) is 0 Å². The molecule has 154 valence electrons. The number of piperazine rings is 1. The molecule has 1 aromatic carbocycles. The molecule has 3 N–H and O–H groups in total. The van der Waals surface area contributed by atoms with Crippen LogP contribution in [-0.4, -0.2) is 54.7 Å². The van der Waals surface area contributed by atoms with Crippen LogP contribution in [0.4, 0.5) is 5.69 Å². The maximum atomic E-state index is 12.5. The molecule has 0 unspecified atom stereocenters. The topological polar surface area (TPSA) is 48.8 Å². The van der Waals surface area contributed by atoms with Crippen LogP contribution >= 0.6 is 12.2 Å². The third-order valence-corrected chi connectivity index (χ3v) is 6.71. The summed E-state index contributed by atoms with van der Waals surface area (Å²) in [4.78, 5) is 16.1. The van der Waals surface area contributed by atoms with Gasteiger partial charge in [-0.05, 0) is 56.0 Å². The molecule has 1 aromatic rings. The first-order valence-corrected chi connectivity index (χ1v) is 11.1. The molecule has 3 rings (SSSR count). The minimum absolute atomic E-state index is 0.0950. The van der Waals surface area contributed by atoms with Gasteiger partial charge < -0.3 is 20.4 Å². The SMILES string of the molecule is Cc1cccc(C)c1NC(=O)C[NH+]1CCN(C(=S)N[C@@H]2CCCC[C@H]2C)CC1. The monoisotopic (exact) mass is 403 g/mol. The predicted molar refractivity (Wildman–Crippen MR) is 119 cm³/mol. The van der Waals surface area contributed by atoms with E-state index in [0.717, 1.165) is 48.1 Å². The number of para-hydroxylation sites is 1. The zero-order valence-electron chi connectivity index (χ0n) is 17.5. The van der Waals surface area contributed by atoms with E-state index >= 15 is 0 Å². The molecule has 2 fully saturated rings. The second-order valence-corrected chi connectivity index (χ2v) is 8.93. The fourth-order valence-corrected chi connectivity index (χ4v) is 4.74. The lowest BCUT2D eigenvalue weighted by molar-refractivity contribution is -0.895. The van der Waals surface area contributed by atoms with Crippen LogP contribution in [0.25, 0.3) is 0 Å². The van der Waals surface area contributed by atoms with Crippen molar-refractivity contribution in [1.82, 2.24) is 10.2 Å². The van der Waals surface area contributed by atoms with E-state index < -0.39 is 0 Å². The third kappa shape index (κ3) is 5.45. The van der Waals surface area contributed by atoms with E-state index in [1.165, 1.54) is 30.6 Å². The smallest absolute Gasteiger partial charge is 0.279 e. The summed E-state index contributed by atoms with van der Waals surface area (Å²) in [5.41, 5.74) is 3.18. The summed E-state index contributed by atoms with van der Waals surface area (Å²) in [6, 6.07) is 6.62. The van der Waals surface area contributed by atoms with Crippen molar-refractivity contribution in [2.75, 3.05) is 38.0 Å². The number of hydrogen-bond donors (Lipinski definition) is 3. The molecule has 0 radical (unpaired) electrons. The average molecular weight is 404 g/mol. The number of amides is 1. The van der Waals surface area contributed by atoms with Gasteiger partial charge in [0.15, 0.2) is 11.7 Å². The highest BCUT2D eigenvalue weighted by Gasteiger charge is 2.27. The van der Waals surface area contributed by atoms with Crippen LogP contribution < -0.4 is 15.5 Å². The number of hydrogen-bond acceptors (Lipinski definition) is 2. The molecule has 0 aromatic heterocycles. The van der Waals surface area contributed by atoms with E-state index in [1.807, 2.05) is 32.0 Å². The molecule has 0 spiro atoms. The Morgan fingerprint density at radius 1 is 1.18 bits per heavy atom. The summed E-state index contributed by atoms with van der Waals surface area (Å²) < 4.78 is 0. The first-order chi connectivity index (χ1) is 13.4. The van der Waals surface area contributed by atoms with Gasteiger partial charge in [-0.25, -0.2) is 0 Å². The molecule has 0 bridgehead atoms. The molecule has 28 heavy (non-hydrogen) atoms. The first-order valence-electron chi connectivity index (χ1n) is 10.7. The second kappa shape index (κ2) is 9.70. The first kappa shape index (κ1) is 21.1. The van der Waals surface area contributed by atoms with Gasteiger partial charge in [-0.2, -0.15) is 0 Å². The normalized spacial score (nSPS) is 23.3. The highest BCUT2D eigenvalue weighted by molar-refractivity contribution is 7.80. The Morgan fingerprint density at radius 3 is 2.46 bits per heavy atom. The number of carbonyl (C=O) groups excluding carboxylic acids is 1. The van der Waals surface area contributed by atoms with E-state index in [1.54, 1.807) is 0 Å². The van der Waals surface area contributed by atoms with Crippen LogP contribution in [0.3, 0.4) is 0 Å². The van der Waals surface area contributed by atoms with Crippen molar-refractivity contribution in [2.45, 2.75) is 52.5 Å². The molecule has 1 saturated carbocycles. The van der Waals surface area contributed by atoms with E-state index in [4.69, 9.17) is 12.2 Å². The minimum Gasteiger partial charge on any atom is -0.360 e. The van der Waals surface area contributed by atoms with Gasteiger partial charge in [0.2, 0.25) is 0 Å². The molecule has 1 saturated heterocycles. The minimum atomic E-state index is 0.0950. The maximum absolute atomic E-state index is 12.5. The second-order valence-electron chi connectivity index (χ2n) is 8.55. The fourth-order valence-electron chi connectivity index (χ4n) is 4.41. The number of thiocarbonyl (C=S) groups is 1. The van der Waals surface area contributed by atoms with Gasteiger partial charge in [-0.3, -0.25) is 4.79 Å². The van der Waals surface area contributed by atoms with Crippen molar-refractivity contribution in [2.24, 2.45) is 5.92 Å². The lowest BCUT2D eigenvalue weighted by Crippen LogP contribution is -3.15. The lowest BCUT2D eigenvalue weighted by atomic mass is 9.86. The Morgan fingerprint density at radius 2 is 1.82 bits per heavy atom. The Labute approximate surface area is 174 Å². The quantitative estimate of drug-likeness (QED) is 0.672. The highest BCUT2D eigenvalue weighted by Crippen LogP contribution is 2.24. The van der Waals surface area contributed by atoms with Crippen molar-refractivity contribution < 1.29 is 9.69 Å². The summed E-state index contributed by atoms with van der Waals surface area (Å²) >= 11 is 5.68. The van der Waals surface area contributed by atoms with Gasteiger partial charge in [0, 0.05) is 11.7 Å². The predicted octanol–water partition coefficient (Wildman–Crippen LogP) is 1.90. The summed E-state index contributed by atoms with van der Waals surface area (Å²) in [6.45, 7) is 10.6. The highest BCUT2D eigenvalue weighted by atomic mass is 32.1. The van der Waals surface area contributed by atoms with Crippen LogP contribution in [0.1, 0.15) is 43.7 Å². The number of anilines is 1. The molecule has 2 aliphatic rings. The van der Waals surface area contributed by atoms with Crippen molar-refractivity contribution in [3.63, 3.8) is 0 Å². The molecule has 6 heteroatoms. The molecular formula is C22H35N4OS+. The standard InChI is InChI=1S/C22H34N4OS/c1-16-7-4-5-10-19(16)23-22(28)26-13-11-25(12-14-26)15-20(27)24-21-17(2)8-6-9-18(21)3/h6,8-9,16,19H,4-5,7,10-15H2,1-3H3,(H,23,28)(H,24,27)/p+1/t16-,19-/m1/s1. The molecule has 5 nitrogen and oxygen atoms in total. The van der Waals surface area contributed by atoms with Crippen molar-refractivity contribution >= 4 is 28.9 Å². The number of nitrogens with one attached hydrogen (secondary N) is 3. The number of nitrogens with zero attached hydrogens (tertiary/aromatic N) is 1. The molecular weight excluding hydrogens is 368 g/mol. The Hall–Kier alpha value is -1.66. The van der Waals surface area contributed by atoms with Gasteiger partial charge in [0.05, 0.1) is 26.2 Å². The number of carbonyl (C=O) groups is 1. The summed E-state index contributed by atoms with van der Waals surface area (Å²) in [6.07, 6.45) is 5.18. The maximum Gasteiger partial charge on any atom is 0.279 e. The van der Waals surface area contributed by atoms with E-state index in [9.17, 15) is 4.79 Å². The van der Waals surface area contributed by atoms with E-state index in [2.05, 4.69) is 22.5 Å². The lowest BCUT2D eigenvalue weighted by Gasteiger charge is -2.37. The van der Waals surface area contributed by atoms with Gasteiger partial charge >= 0.3 is 0 Å². The fraction of sp³-hybridized carbons (Fsp3) is 0.636. The van der Waals surface area contributed by atoms with Crippen LogP contribution in [0.15, 0.2) is 18.2 Å². The van der Waals surface area contributed by atoms with Crippen molar-refractivity contribution in [1.29, 1.82) is 0 Å². The average Bonchev–Trinajstić information content (AvgIpc) is 2.67. The summed E-state index contributed by atoms with van der Waals surface area (Å²) in [5, 5.41) is 7.62. The number of rotatable bonds is 4. The van der Waals surface area contributed by atoms with Gasteiger partial charge in [0.1, 0.15) is 0 Å². The van der Waals surface area contributed by atoms with Crippen LogP contribution in [0, 0.1) is 19.8 Å². The Kier molecular flexibility index (Phi) is 7.30. The Bertz CT molecular complexity index is 680. The van der Waals surface area contributed by atoms with Gasteiger partial charge in [-0.1, -0.05) is 38.0 Å². The van der Waals surface area contributed by atoms with Gasteiger partial charge in [0.25, 0.3) is 5.91 Å². The van der Waals surface area contributed by atoms with Crippen LogP contribution in [0.5, 0.6) is 0 Å². The zero-order valence-corrected chi connectivity index (χ0v) is 18.3. The Balaban J connectivity index is 1.43. The molecule has 2 atom stereocenters. The van der Waals surface area contributed by atoms with E-state index in [-0.39, 0.29) is 5.91 Å². The molecule has 1 aliphatic carbocycles. The number of aryl methyl sites for hydroxylation is 2. The molecule has 1 heterocycles. The third-order valence-electron chi connectivity index (χ3n) is 6.33.